The van der Waals surface area contributed by atoms with E-state index in [1.807, 2.05) is 18.2 Å². The van der Waals surface area contributed by atoms with E-state index >= 15 is 0 Å². The summed E-state index contributed by atoms with van der Waals surface area (Å²) in [5.74, 6) is 0.000618. The van der Waals surface area contributed by atoms with Gasteiger partial charge in [-0.2, -0.15) is 0 Å². The van der Waals surface area contributed by atoms with Crippen molar-refractivity contribution >= 4 is 34.2 Å². The Balaban J connectivity index is 1.47. The number of benzene rings is 1. The average molecular weight is 363 g/mol. The monoisotopic (exact) mass is 362 g/mol. The molecule has 1 aromatic rings. The van der Waals surface area contributed by atoms with Crippen LogP contribution in [0.15, 0.2) is 36.4 Å². The van der Waals surface area contributed by atoms with Crippen molar-refractivity contribution in [3.05, 3.63) is 42.0 Å². The number of carbonyl (C=O) groups is 1. The highest BCUT2D eigenvalue weighted by Gasteiger charge is 2.38. The first-order valence-corrected chi connectivity index (χ1v) is 10.1. The zero-order valence-corrected chi connectivity index (χ0v) is 15.3. The first kappa shape index (κ1) is 16.5. The maximum atomic E-state index is 13.0. The summed E-state index contributed by atoms with van der Waals surface area (Å²) in [6.07, 6.45) is 5.89. The highest BCUT2D eigenvalue weighted by molar-refractivity contribution is 8.10. The Bertz CT molecular complexity index is 636. The molecule has 0 N–H and O–H groups in total. The molecule has 0 spiro atoms. The van der Waals surface area contributed by atoms with Gasteiger partial charge >= 0.3 is 0 Å². The molecule has 1 aromatic carbocycles. The largest absolute Gasteiger partial charge is 0.339 e. The summed E-state index contributed by atoms with van der Waals surface area (Å²) in [7, 11) is 0. The molecule has 5 heteroatoms. The molecule has 3 nitrogen and oxygen atoms in total. The van der Waals surface area contributed by atoms with Crippen LogP contribution < -0.4 is 0 Å². The van der Waals surface area contributed by atoms with E-state index in [0.29, 0.717) is 6.04 Å². The fourth-order valence-corrected chi connectivity index (χ4v) is 5.54. The minimum Gasteiger partial charge on any atom is -0.339 e. The van der Waals surface area contributed by atoms with Crippen molar-refractivity contribution in [3.63, 3.8) is 0 Å². The Kier molecular flexibility index (Phi) is 4.88. The summed E-state index contributed by atoms with van der Waals surface area (Å²) in [6, 6.07) is 10.8. The van der Waals surface area contributed by atoms with Gasteiger partial charge < -0.3 is 4.90 Å². The van der Waals surface area contributed by atoms with Crippen molar-refractivity contribution in [2.45, 2.75) is 30.0 Å². The van der Waals surface area contributed by atoms with Crippen LogP contribution in [0.25, 0.3) is 4.91 Å². The van der Waals surface area contributed by atoms with Crippen LogP contribution in [-0.2, 0) is 4.79 Å². The van der Waals surface area contributed by atoms with Crippen LogP contribution >= 0.6 is 23.4 Å². The van der Waals surface area contributed by atoms with Crippen LogP contribution in [0, 0.1) is 5.92 Å². The standard InChI is InChI=1S/C19H23ClN2OS/c20-18-16(12-17(24-18)14-6-2-1-3-7-14)19(23)22-11-10-21-9-5-4-8-15(21)13-22/h1-3,6-7,12,15-16,18H,4-5,8-11,13H2. The molecule has 0 bridgehead atoms. The number of halogens is 1. The second kappa shape index (κ2) is 7.11. The van der Waals surface area contributed by atoms with Gasteiger partial charge in [0.05, 0.1) is 10.6 Å². The highest BCUT2D eigenvalue weighted by Crippen LogP contribution is 2.45. The topological polar surface area (TPSA) is 23.6 Å². The number of hydrogen-bond donors (Lipinski definition) is 0. The molecule has 3 atom stereocenters. The van der Waals surface area contributed by atoms with E-state index in [2.05, 4.69) is 28.0 Å². The second-order valence-electron chi connectivity index (χ2n) is 6.86. The third-order valence-corrected chi connectivity index (χ3v) is 7.03. The van der Waals surface area contributed by atoms with Gasteiger partial charge in [0.25, 0.3) is 0 Å². The lowest BCUT2D eigenvalue weighted by Crippen LogP contribution is -2.57. The Morgan fingerprint density at radius 1 is 1.12 bits per heavy atom. The molecule has 3 aliphatic rings. The molecule has 0 aliphatic carbocycles. The summed E-state index contributed by atoms with van der Waals surface area (Å²) in [5, 5.41) is 0. The van der Waals surface area contributed by atoms with Gasteiger partial charge in [0.1, 0.15) is 0 Å². The van der Waals surface area contributed by atoms with Crippen molar-refractivity contribution in [1.82, 2.24) is 9.80 Å². The molecule has 0 radical (unpaired) electrons. The van der Waals surface area contributed by atoms with E-state index in [1.54, 1.807) is 11.8 Å². The fourth-order valence-electron chi connectivity index (χ4n) is 3.99. The molecule has 0 aromatic heterocycles. The molecule has 128 valence electrons. The van der Waals surface area contributed by atoms with Gasteiger partial charge in [0.2, 0.25) is 5.91 Å². The SMILES string of the molecule is O=C(C1C=C(c2ccccc2)SC1Cl)N1CCN2CCCCC2C1. The maximum absolute atomic E-state index is 13.0. The van der Waals surface area contributed by atoms with Crippen LogP contribution in [0.5, 0.6) is 0 Å². The maximum Gasteiger partial charge on any atom is 0.232 e. The lowest BCUT2D eigenvalue weighted by molar-refractivity contribution is -0.137. The van der Waals surface area contributed by atoms with Gasteiger partial charge in [-0.15, -0.1) is 23.4 Å². The first-order chi connectivity index (χ1) is 11.7. The molecule has 3 heterocycles. The lowest BCUT2D eigenvalue weighted by atomic mass is 9.98. The molecule has 2 fully saturated rings. The molecule has 4 rings (SSSR count). The number of rotatable bonds is 2. The number of piperidine rings is 1. The molecule has 3 aliphatic heterocycles. The molecule has 24 heavy (non-hydrogen) atoms. The smallest absolute Gasteiger partial charge is 0.232 e. The second-order valence-corrected chi connectivity index (χ2v) is 8.77. The minimum absolute atomic E-state index is 0.197. The van der Waals surface area contributed by atoms with E-state index in [-0.39, 0.29) is 16.5 Å². The molecule has 3 unspecified atom stereocenters. The average Bonchev–Trinajstić information content (AvgIpc) is 3.03. The molecule has 0 saturated carbocycles. The summed E-state index contributed by atoms with van der Waals surface area (Å²) in [6.45, 7) is 3.92. The molecular formula is C19H23ClN2OS. The van der Waals surface area contributed by atoms with Crippen LogP contribution in [0.4, 0.5) is 0 Å². The predicted octanol–water partition coefficient (Wildman–Crippen LogP) is 3.65. The van der Waals surface area contributed by atoms with Gasteiger partial charge in [-0.1, -0.05) is 42.8 Å². The number of alkyl halides is 1. The zero-order valence-electron chi connectivity index (χ0n) is 13.7. The number of piperazine rings is 1. The summed E-state index contributed by atoms with van der Waals surface area (Å²) < 4.78 is -0.197. The van der Waals surface area contributed by atoms with Crippen LogP contribution in [0.2, 0.25) is 0 Å². The van der Waals surface area contributed by atoms with E-state index in [1.165, 1.54) is 25.8 Å². The zero-order chi connectivity index (χ0) is 16.5. The Hall–Kier alpha value is -0.970. The predicted molar refractivity (Wildman–Crippen MR) is 101 cm³/mol. The number of nitrogens with zero attached hydrogens (tertiary/aromatic N) is 2. The number of amides is 1. The molecule has 2 saturated heterocycles. The van der Waals surface area contributed by atoms with Gasteiger partial charge in [-0.25, -0.2) is 0 Å². The minimum atomic E-state index is -0.206. The van der Waals surface area contributed by atoms with Crippen molar-refractivity contribution in [2.75, 3.05) is 26.2 Å². The van der Waals surface area contributed by atoms with Crippen LogP contribution in [0.1, 0.15) is 24.8 Å². The van der Waals surface area contributed by atoms with Crippen molar-refractivity contribution in [1.29, 1.82) is 0 Å². The van der Waals surface area contributed by atoms with Gasteiger partial charge in [0.15, 0.2) is 0 Å². The van der Waals surface area contributed by atoms with Crippen molar-refractivity contribution in [2.24, 2.45) is 5.92 Å². The summed E-state index contributed by atoms with van der Waals surface area (Å²) in [4.78, 5) is 18.8. The lowest BCUT2D eigenvalue weighted by Gasteiger charge is -2.44. The molecular weight excluding hydrogens is 340 g/mol. The molecule has 1 amide bonds. The number of fused-ring (bicyclic) bond motifs is 1. The normalized spacial score (nSPS) is 30.8. The van der Waals surface area contributed by atoms with Crippen LogP contribution in [0.3, 0.4) is 0 Å². The van der Waals surface area contributed by atoms with Gasteiger partial charge in [0, 0.05) is 30.6 Å². The van der Waals surface area contributed by atoms with E-state index in [9.17, 15) is 4.79 Å². The van der Waals surface area contributed by atoms with Crippen LogP contribution in [-0.4, -0.2) is 52.6 Å². The van der Waals surface area contributed by atoms with Gasteiger partial charge in [-0.3, -0.25) is 9.69 Å². The van der Waals surface area contributed by atoms with E-state index in [0.717, 1.165) is 30.1 Å². The third kappa shape index (κ3) is 3.24. The highest BCUT2D eigenvalue weighted by atomic mass is 35.5. The Morgan fingerprint density at radius 2 is 1.96 bits per heavy atom. The fraction of sp³-hybridized carbons (Fsp3) is 0.526. The third-order valence-electron chi connectivity index (χ3n) is 5.35. The summed E-state index contributed by atoms with van der Waals surface area (Å²) >= 11 is 8.14. The summed E-state index contributed by atoms with van der Waals surface area (Å²) in [5.41, 5.74) is 1.15. The number of carbonyl (C=O) groups excluding carboxylic acids is 1. The quantitative estimate of drug-likeness (QED) is 0.750. The van der Waals surface area contributed by atoms with E-state index in [4.69, 9.17) is 11.6 Å². The Labute approximate surface area is 153 Å². The van der Waals surface area contributed by atoms with Crippen molar-refractivity contribution in [3.8, 4) is 0 Å². The van der Waals surface area contributed by atoms with E-state index < -0.39 is 0 Å². The number of thioether (sulfide) groups is 1. The van der Waals surface area contributed by atoms with Crippen molar-refractivity contribution < 1.29 is 4.79 Å². The Morgan fingerprint density at radius 3 is 2.79 bits per heavy atom. The number of hydrogen-bond acceptors (Lipinski definition) is 3. The van der Waals surface area contributed by atoms with Gasteiger partial charge in [-0.05, 0) is 24.9 Å². The first-order valence-electron chi connectivity index (χ1n) is 8.83.